The van der Waals surface area contributed by atoms with Gasteiger partial charge in [-0.3, -0.25) is 14.4 Å². The lowest BCUT2D eigenvalue weighted by Crippen LogP contribution is -2.46. The molecule has 1 saturated heterocycles. The number of likely N-dealkylation sites (tertiary alicyclic amines) is 1. The van der Waals surface area contributed by atoms with Gasteiger partial charge in [0.15, 0.2) is 11.5 Å². The first-order valence-electron chi connectivity index (χ1n) is 9.86. The Kier molecular flexibility index (Phi) is 5.87. The van der Waals surface area contributed by atoms with E-state index in [-0.39, 0.29) is 37.0 Å². The van der Waals surface area contributed by atoms with Crippen molar-refractivity contribution in [1.82, 2.24) is 15.5 Å². The minimum atomic E-state index is -0.353. The van der Waals surface area contributed by atoms with Crippen LogP contribution in [0, 0.1) is 5.92 Å². The molecule has 9 nitrogen and oxygen atoms in total. The van der Waals surface area contributed by atoms with Crippen LogP contribution in [0.15, 0.2) is 41.0 Å². The first-order valence-corrected chi connectivity index (χ1v) is 9.86. The third-order valence-electron chi connectivity index (χ3n) is 5.27. The van der Waals surface area contributed by atoms with Crippen molar-refractivity contribution in [3.05, 3.63) is 47.9 Å². The third kappa shape index (κ3) is 4.56. The molecule has 1 aromatic heterocycles. The first kappa shape index (κ1) is 19.8. The SMILES string of the molecule is O=C(NCC(=O)N1CCC(C(=O)NCc2ccco2)CC1)c1ccc2c(c1)OCO2. The fourth-order valence-corrected chi connectivity index (χ4v) is 3.53. The first-order chi connectivity index (χ1) is 14.6. The van der Waals surface area contributed by atoms with Crippen molar-refractivity contribution in [2.75, 3.05) is 26.4 Å². The predicted molar refractivity (Wildman–Crippen MR) is 105 cm³/mol. The van der Waals surface area contributed by atoms with Gasteiger partial charge in [-0.2, -0.15) is 0 Å². The molecule has 2 N–H and O–H groups in total. The van der Waals surface area contributed by atoms with Crippen LogP contribution in [0.5, 0.6) is 11.5 Å². The Labute approximate surface area is 173 Å². The molecule has 0 radical (unpaired) electrons. The van der Waals surface area contributed by atoms with Gasteiger partial charge in [0.1, 0.15) is 5.76 Å². The lowest BCUT2D eigenvalue weighted by Gasteiger charge is -2.31. The molecule has 3 heterocycles. The van der Waals surface area contributed by atoms with Gasteiger partial charge in [0.2, 0.25) is 18.6 Å². The second-order valence-corrected chi connectivity index (χ2v) is 7.20. The summed E-state index contributed by atoms with van der Waals surface area (Å²) in [5.41, 5.74) is 0.402. The monoisotopic (exact) mass is 413 g/mol. The summed E-state index contributed by atoms with van der Waals surface area (Å²) < 4.78 is 15.7. The van der Waals surface area contributed by atoms with Gasteiger partial charge in [0.25, 0.3) is 5.91 Å². The van der Waals surface area contributed by atoms with Gasteiger partial charge in [0, 0.05) is 24.6 Å². The Morgan fingerprint density at radius 1 is 1.03 bits per heavy atom. The van der Waals surface area contributed by atoms with Crippen molar-refractivity contribution in [1.29, 1.82) is 0 Å². The van der Waals surface area contributed by atoms with Crippen molar-refractivity contribution < 1.29 is 28.3 Å². The Balaban J connectivity index is 1.19. The molecule has 0 spiro atoms. The highest BCUT2D eigenvalue weighted by Crippen LogP contribution is 2.32. The summed E-state index contributed by atoms with van der Waals surface area (Å²) in [6, 6.07) is 8.46. The van der Waals surface area contributed by atoms with Gasteiger partial charge < -0.3 is 29.4 Å². The number of hydrogen-bond donors (Lipinski definition) is 2. The molecule has 30 heavy (non-hydrogen) atoms. The summed E-state index contributed by atoms with van der Waals surface area (Å²) in [5, 5.41) is 5.50. The quantitative estimate of drug-likeness (QED) is 0.739. The summed E-state index contributed by atoms with van der Waals surface area (Å²) in [4.78, 5) is 38.7. The molecule has 3 amide bonds. The van der Waals surface area contributed by atoms with E-state index in [9.17, 15) is 14.4 Å². The van der Waals surface area contributed by atoms with Gasteiger partial charge in [-0.05, 0) is 43.2 Å². The predicted octanol–water partition coefficient (Wildman–Crippen LogP) is 1.29. The van der Waals surface area contributed by atoms with Crippen LogP contribution in [0.2, 0.25) is 0 Å². The normalized spacial score (nSPS) is 15.7. The molecule has 158 valence electrons. The lowest BCUT2D eigenvalue weighted by molar-refractivity contribution is -0.134. The van der Waals surface area contributed by atoms with Gasteiger partial charge in [0.05, 0.1) is 19.4 Å². The smallest absolute Gasteiger partial charge is 0.251 e. The molecule has 9 heteroatoms. The minimum absolute atomic E-state index is 0.0328. The molecule has 0 saturated carbocycles. The maximum absolute atomic E-state index is 12.4. The molecule has 2 aliphatic rings. The summed E-state index contributed by atoms with van der Waals surface area (Å²) in [7, 11) is 0. The molecule has 0 bridgehead atoms. The van der Waals surface area contributed by atoms with E-state index in [2.05, 4.69) is 10.6 Å². The Morgan fingerprint density at radius 3 is 2.60 bits per heavy atom. The van der Waals surface area contributed by atoms with E-state index >= 15 is 0 Å². The Bertz CT molecular complexity index is 919. The Morgan fingerprint density at radius 2 is 1.83 bits per heavy atom. The number of carbonyl (C=O) groups excluding carboxylic acids is 3. The number of amides is 3. The topological polar surface area (TPSA) is 110 Å². The molecule has 1 aromatic carbocycles. The van der Waals surface area contributed by atoms with Crippen LogP contribution in [0.1, 0.15) is 29.0 Å². The highest BCUT2D eigenvalue weighted by atomic mass is 16.7. The molecule has 1 fully saturated rings. The number of hydrogen-bond acceptors (Lipinski definition) is 6. The van der Waals surface area contributed by atoms with E-state index in [1.165, 1.54) is 0 Å². The van der Waals surface area contributed by atoms with E-state index in [0.29, 0.717) is 55.3 Å². The van der Waals surface area contributed by atoms with E-state index < -0.39 is 0 Å². The van der Waals surface area contributed by atoms with E-state index in [1.807, 2.05) is 0 Å². The molecule has 2 aromatic rings. The molecule has 0 unspecified atom stereocenters. The fraction of sp³-hybridized carbons (Fsp3) is 0.381. The van der Waals surface area contributed by atoms with Crippen LogP contribution in [0.25, 0.3) is 0 Å². The van der Waals surface area contributed by atoms with Crippen LogP contribution < -0.4 is 20.1 Å². The molecular formula is C21H23N3O6. The van der Waals surface area contributed by atoms with Gasteiger partial charge in [-0.15, -0.1) is 0 Å². The summed E-state index contributed by atoms with van der Waals surface area (Å²) in [5.74, 6) is 1.13. The van der Waals surface area contributed by atoms with Crippen molar-refractivity contribution in [3.8, 4) is 11.5 Å². The van der Waals surface area contributed by atoms with Crippen LogP contribution >= 0.6 is 0 Å². The number of nitrogens with zero attached hydrogens (tertiary/aromatic N) is 1. The van der Waals surface area contributed by atoms with Crippen molar-refractivity contribution in [2.45, 2.75) is 19.4 Å². The highest BCUT2D eigenvalue weighted by molar-refractivity contribution is 5.97. The highest BCUT2D eigenvalue weighted by Gasteiger charge is 2.27. The molecule has 4 rings (SSSR count). The number of furan rings is 1. The average molecular weight is 413 g/mol. The van der Waals surface area contributed by atoms with Crippen LogP contribution in [0.3, 0.4) is 0 Å². The number of nitrogens with one attached hydrogen (secondary N) is 2. The maximum atomic E-state index is 12.4. The summed E-state index contributed by atoms with van der Waals surface area (Å²) >= 11 is 0. The fourth-order valence-electron chi connectivity index (χ4n) is 3.53. The number of rotatable bonds is 6. The second kappa shape index (κ2) is 8.89. The summed E-state index contributed by atoms with van der Waals surface area (Å²) in [6.07, 6.45) is 2.74. The lowest BCUT2D eigenvalue weighted by atomic mass is 9.96. The molecule has 2 aliphatic heterocycles. The standard InChI is InChI=1S/C21H23N3O6/c25-19(12-23-21(27)15-3-4-17-18(10-15)30-13-29-17)24-7-5-14(6-8-24)20(26)22-11-16-2-1-9-28-16/h1-4,9-10,14H,5-8,11-13H2,(H,22,26)(H,23,27). The average Bonchev–Trinajstić information content (AvgIpc) is 3.47. The third-order valence-corrected chi connectivity index (χ3v) is 5.27. The van der Waals surface area contributed by atoms with E-state index in [1.54, 1.807) is 41.5 Å². The minimum Gasteiger partial charge on any atom is -0.467 e. The molecule has 0 aliphatic carbocycles. The van der Waals surface area contributed by atoms with Gasteiger partial charge >= 0.3 is 0 Å². The van der Waals surface area contributed by atoms with Crippen LogP contribution in [-0.4, -0.2) is 49.0 Å². The second-order valence-electron chi connectivity index (χ2n) is 7.20. The van der Waals surface area contributed by atoms with Crippen molar-refractivity contribution in [3.63, 3.8) is 0 Å². The van der Waals surface area contributed by atoms with E-state index in [0.717, 1.165) is 0 Å². The van der Waals surface area contributed by atoms with Gasteiger partial charge in [-0.25, -0.2) is 0 Å². The van der Waals surface area contributed by atoms with Crippen LogP contribution in [-0.2, 0) is 16.1 Å². The zero-order chi connectivity index (χ0) is 20.9. The molecule has 0 atom stereocenters. The number of benzene rings is 1. The number of fused-ring (bicyclic) bond motifs is 1. The van der Waals surface area contributed by atoms with Crippen molar-refractivity contribution >= 4 is 17.7 Å². The number of piperidine rings is 1. The zero-order valence-electron chi connectivity index (χ0n) is 16.4. The van der Waals surface area contributed by atoms with Gasteiger partial charge in [-0.1, -0.05) is 0 Å². The largest absolute Gasteiger partial charge is 0.467 e. The Hall–Kier alpha value is -3.49. The summed E-state index contributed by atoms with van der Waals surface area (Å²) in [6.45, 7) is 1.37. The number of ether oxygens (including phenoxy) is 2. The molecular weight excluding hydrogens is 390 g/mol. The van der Waals surface area contributed by atoms with E-state index in [4.69, 9.17) is 13.9 Å². The number of carbonyl (C=O) groups is 3. The maximum Gasteiger partial charge on any atom is 0.251 e. The van der Waals surface area contributed by atoms with Crippen LogP contribution in [0.4, 0.5) is 0 Å². The zero-order valence-corrected chi connectivity index (χ0v) is 16.4. The van der Waals surface area contributed by atoms with Crippen molar-refractivity contribution in [2.24, 2.45) is 5.92 Å².